The first-order valence-corrected chi connectivity index (χ1v) is 7.71. The van der Waals surface area contributed by atoms with Crippen LogP contribution in [0.2, 0.25) is 0 Å². The second kappa shape index (κ2) is 5.39. The summed E-state index contributed by atoms with van der Waals surface area (Å²) in [5.41, 5.74) is 3.12. The SMILES string of the molecule is O=C(c1cc(-c2ccc(O)cc2)nc2ccccc12)N1CCC1. The van der Waals surface area contributed by atoms with E-state index in [1.54, 1.807) is 12.1 Å². The first-order valence-electron chi connectivity index (χ1n) is 7.71. The maximum Gasteiger partial charge on any atom is 0.254 e. The summed E-state index contributed by atoms with van der Waals surface area (Å²) in [5.74, 6) is 0.279. The lowest BCUT2D eigenvalue weighted by Gasteiger charge is -2.31. The minimum Gasteiger partial charge on any atom is -0.508 e. The zero-order chi connectivity index (χ0) is 15.8. The Bertz CT molecular complexity index is 884. The lowest BCUT2D eigenvalue weighted by atomic mass is 10.0. The average molecular weight is 304 g/mol. The Morgan fingerprint density at radius 3 is 2.48 bits per heavy atom. The molecule has 1 aliphatic rings. The van der Waals surface area contributed by atoms with Gasteiger partial charge in [-0.05, 0) is 42.8 Å². The summed E-state index contributed by atoms with van der Waals surface area (Å²) in [6, 6.07) is 16.4. The Hall–Kier alpha value is -2.88. The van der Waals surface area contributed by atoms with Crippen molar-refractivity contribution in [3.8, 4) is 17.0 Å². The number of aromatic nitrogens is 1. The van der Waals surface area contributed by atoms with Crippen LogP contribution in [0.1, 0.15) is 16.8 Å². The number of carbonyl (C=O) groups is 1. The summed E-state index contributed by atoms with van der Waals surface area (Å²) in [6.45, 7) is 1.65. The van der Waals surface area contributed by atoms with Crippen LogP contribution in [0.3, 0.4) is 0 Å². The van der Waals surface area contributed by atoms with Crippen molar-refractivity contribution in [3.05, 3.63) is 60.2 Å². The number of likely N-dealkylation sites (tertiary alicyclic amines) is 1. The van der Waals surface area contributed by atoms with Crippen LogP contribution < -0.4 is 0 Å². The van der Waals surface area contributed by atoms with Gasteiger partial charge in [-0.15, -0.1) is 0 Å². The van der Waals surface area contributed by atoms with Crippen LogP contribution in [0.5, 0.6) is 5.75 Å². The number of rotatable bonds is 2. The molecule has 0 saturated carbocycles. The van der Waals surface area contributed by atoms with Gasteiger partial charge >= 0.3 is 0 Å². The topological polar surface area (TPSA) is 53.4 Å². The molecule has 0 unspecified atom stereocenters. The van der Waals surface area contributed by atoms with E-state index in [0.29, 0.717) is 5.56 Å². The maximum absolute atomic E-state index is 12.7. The van der Waals surface area contributed by atoms with Crippen LogP contribution in [-0.2, 0) is 0 Å². The second-order valence-corrected chi connectivity index (χ2v) is 5.76. The van der Waals surface area contributed by atoms with E-state index < -0.39 is 0 Å². The van der Waals surface area contributed by atoms with Gasteiger partial charge in [-0.2, -0.15) is 0 Å². The number of fused-ring (bicyclic) bond motifs is 1. The highest BCUT2D eigenvalue weighted by Gasteiger charge is 2.24. The van der Waals surface area contributed by atoms with Gasteiger partial charge in [0.2, 0.25) is 0 Å². The number of benzene rings is 2. The quantitative estimate of drug-likeness (QED) is 0.789. The number of hydrogen-bond acceptors (Lipinski definition) is 3. The normalized spacial score (nSPS) is 13.8. The van der Waals surface area contributed by atoms with Crippen molar-refractivity contribution in [3.63, 3.8) is 0 Å². The van der Waals surface area contributed by atoms with Gasteiger partial charge in [0.25, 0.3) is 5.91 Å². The molecule has 1 fully saturated rings. The zero-order valence-corrected chi connectivity index (χ0v) is 12.6. The van der Waals surface area contributed by atoms with E-state index in [9.17, 15) is 9.90 Å². The smallest absolute Gasteiger partial charge is 0.254 e. The van der Waals surface area contributed by atoms with E-state index in [0.717, 1.165) is 41.7 Å². The van der Waals surface area contributed by atoms with Crippen molar-refractivity contribution in [2.45, 2.75) is 6.42 Å². The van der Waals surface area contributed by atoms with Gasteiger partial charge in [-0.25, -0.2) is 4.98 Å². The van der Waals surface area contributed by atoms with Crippen molar-refractivity contribution < 1.29 is 9.90 Å². The molecular formula is C19H16N2O2. The molecule has 114 valence electrons. The Balaban J connectivity index is 1.89. The standard InChI is InChI=1S/C19H16N2O2/c22-14-8-6-13(7-9-14)18-12-16(19(23)21-10-3-11-21)15-4-1-2-5-17(15)20-18/h1-2,4-9,12,22H,3,10-11H2. The van der Waals surface area contributed by atoms with Crippen molar-refractivity contribution in [2.24, 2.45) is 0 Å². The Morgan fingerprint density at radius 2 is 1.78 bits per heavy atom. The molecule has 0 bridgehead atoms. The Labute approximate surface area is 134 Å². The lowest BCUT2D eigenvalue weighted by molar-refractivity contribution is 0.0654. The van der Waals surface area contributed by atoms with Gasteiger partial charge in [0, 0.05) is 24.0 Å². The fraction of sp³-hybridized carbons (Fsp3) is 0.158. The third-order valence-electron chi connectivity index (χ3n) is 4.25. The number of nitrogens with zero attached hydrogens (tertiary/aromatic N) is 2. The van der Waals surface area contributed by atoms with E-state index in [2.05, 4.69) is 4.98 Å². The number of aromatic hydroxyl groups is 1. The van der Waals surface area contributed by atoms with Crippen LogP contribution in [0.4, 0.5) is 0 Å². The summed E-state index contributed by atoms with van der Waals surface area (Å²) in [7, 11) is 0. The molecular weight excluding hydrogens is 288 g/mol. The highest BCUT2D eigenvalue weighted by Crippen LogP contribution is 2.27. The molecule has 0 radical (unpaired) electrons. The monoisotopic (exact) mass is 304 g/mol. The Kier molecular flexibility index (Phi) is 3.23. The van der Waals surface area contributed by atoms with Gasteiger partial charge < -0.3 is 10.0 Å². The molecule has 0 aliphatic carbocycles. The van der Waals surface area contributed by atoms with E-state index in [1.807, 2.05) is 47.4 Å². The number of phenols is 1. The highest BCUT2D eigenvalue weighted by atomic mass is 16.3. The number of carbonyl (C=O) groups excluding carboxylic acids is 1. The molecule has 1 N–H and O–H groups in total. The number of phenolic OH excluding ortho intramolecular Hbond substituents is 1. The van der Waals surface area contributed by atoms with Crippen molar-refractivity contribution in [1.82, 2.24) is 9.88 Å². The van der Waals surface area contributed by atoms with Crippen molar-refractivity contribution in [2.75, 3.05) is 13.1 Å². The fourth-order valence-corrected chi connectivity index (χ4v) is 2.82. The van der Waals surface area contributed by atoms with Crippen LogP contribution in [0, 0.1) is 0 Å². The Morgan fingerprint density at radius 1 is 1.04 bits per heavy atom. The molecule has 0 spiro atoms. The molecule has 4 heteroatoms. The summed E-state index contributed by atoms with van der Waals surface area (Å²) >= 11 is 0. The largest absolute Gasteiger partial charge is 0.508 e. The van der Waals surface area contributed by atoms with E-state index in [-0.39, 0.29) is 11.7 Å². The molecule has 1 aliphatic heterocycles. The first kappa shape index (κ1) is 13.8. The number of hydrogen-bond donors (Lipinski definition) is 1. The predicted octanol–water partition coefficient (Wildman–Crippen LogP) is 3.45. The van der Waals surface area contributed by atoms with Crippen molar-refractivity contribution in [1.29, 1.82) is 0 Å². The predicted molar refractivity (Wildman–Crippen MR) is 89.4 cm³/mol. The van der Waals surface area contributed by atoms with Gasteiger partial charge in [-0.1, -0.05) is 18.2 Å². The summed E-state index contributed by atoms with van der Waals surface area (Å²) in [5, 5.41) is 10.3. The summed E-state index contributed by atoms with van der Waals surface area (Å²) < 4.78 is 0. The van der Waals surface area contributed by atoms with Crippen LogP contribution in [0.15, 0.2) is 54.6 Å². The third-order valence-corrected chi connectivity index (χ3v) is 4.25. The minimum absolute atomic E-state index is 0.0647. The average Bonchev–Trinajstić information content (AvgIpc) is 2.53. The highest BCUT2D eigenvalue weighted by molar-refractivity contribution is 6.07. The second-order valence-electron chi connectivity index (χ2n) is 5.76. The van der Waals surface area contributed by atoms with E-state index in [4.69, 9.17) is 0 Å². The number of para-hydroxylation sites is 1. The van der Waals surface area contributed by atoms with Gasteiger partial charge in [0.15, 0.2) is 0 Å². The molecule has 4 nitrogen and oxygen atoms in total. The maximum atomic E-state index is 12.7. The van der Waals surface area contributed by atoms with Gasteiger partial charge in [0.05, 0.1) is 16.8 Å². The van der Waals surface area contributed by atoms with Crippen LogP contribution in [-0.4, -0.2) is 34.0 Å². The molecule has 1 saturated heterocycles. The lowest BCUT2D eigenvalue weighted by Crippen LogP contribution is -2.42. The van der Waals surface area contributed by atoms with Gasteiger partial charge in [-0.3, -0.25) is 4.79 Å². The summed E-state index contributed by atoms with van der Waals surface area (Å²) in [6.07, 6.45) is 1.07. The molecule has 0 atom stereocenters. The van der Waals surface area contributed by atoms with Crippen molar-refractivity contribution >= 4 is 16.8 Å². The molecule has 23 heavy (non-hydrogen) atoms. The van der Waals surface area contributed by atoms with Gasteiger partial charge in [0.1, 0.15) is 5.75 Å². The summed E-state index contributed by atoms with van der Waals surface area (Å²) in [4.78, 5) is 19.3. The number of pyridine rings is 1. The zero-order valence-electron chi connectivity index (χ0n) is 12.6. The molecule has 1 amide bonds. The third kappa shape index (κ3) is 2.42. The fourth-order valence-electron chi connectivity index (χ4n) is 2.82. The molecule has 2 heterocycles. The van der Waals surface area contributed by atoms with Crippen LogP contribution in [0.25, 0.3) is 22.2 Å². The number of amides is 1. The molecule has 3 aromatic rings. The first-order chi connectivity index (χ1) is 11.2. The van der Waals surface area contributed by atoms with Crippen LogP contribution >= 0.6 is 0 Å². The minimum atomic E-state index is 0.0647. The molecule has 2 aromatic carbocycles. The van der Waals surface area contributed by atoms with E-state index in [1.165, 1.54) is 0 Å². The molecule has 1 aromatic heterocycles. The van der Waals surface area contributed by atoms with E-state index >= 15 is 0 Å². The molecule has 4 rings (SSSR count).